The predicted octanol–water partition coefficient (Wildman–Crippen LogP) is 4.48. The van der Waals surface area contributed by atoms with Crippen LogP contribution in [-0.4, -0.2) is 6.61 Å². The fourth-order valence-corrected chi connectivity index (χ4v) is 2.72. The summed E-state index contributed by atoms with van der Waals surface area (Å²) in [7, 11) is 0. The number of fused-ring (bicyclic) bond motifs is 1. The van der Waals surface area contributed by atoms with E-state index in [4.69, 9.17) is 4.74 Å². The third kappa shape index (κ3) is 2.23. The van der Waals surface area contributed by atoms with Crippen molar-refractivity contribution >= 4 is 31.9 Å². The van der Waals surface area contributed by atoms with Gasteiger partial charge in [0.15, 0.2) is 0 Å². The Morgan fingerprint density at radius 2 is 2.07 bits per heavy atom. The van der Waals surface area contributed by atoms with Crippen molar-refractivity contribution in [2.75, 3.05) is 6.61 Å². The zero-order chi connectivity index (χ0) is 11.0. The standard InChI is InChI=1S/C12H14Br2O/c1-7(2)11(14)10-6-9(13)5-8-3-4-15-12(8)10/h5-7,11H,3-4H2,1-2H3. The molecule has 0 aromatic heterocycles. The van der Waals surface area contributed by atoms with E-state index in [9.17, 15) is 0 Å². The number of halogens is 2. The maximum atomic E-state index is 5.71. The Morgan fingerprint density at radius 3 is 2.73 bits per heavy atom. The molecule has 15 heavy (non-hydrogen) atoms. The third-order valence-electron chi connectivity index (χ3n) is 2.66. The van der Waals surface area contributed by atoms with Crippen molar-refractivity contribution in [3.8, 4) is 5.75 Å². The number of hydrogen-bond acceptors (Lipinski definition) is 1. The number of ether oxygens (including phenoxy) is 1. The van der Waals surface area contributed by atoms with Crippen LogP contribution in [0.25, 0.3) is 0 Å². The van der Waals surface area contributed by atoms with E-state index in [1.807, 2.05) is 0 Å². The maximum absolute atomic E-state index is 5.71. The predicted molar refractivity (Wildman–Crippen MR) is 69.8 cm³/mol. The van der Waals surface area contributed by atoms with E-state index in [-0.39, 0.29) is 0 Å². The first-order valence-electron chi connectivity index (χ1n) is 5.18. The van der Waals surface area contributed by atoms with Crippen molar-refractivity contribution < 1.29 is 4.74 Å². The van der Waals surface area contributed by atoms with Gasteiger partial charge in [0.25, 0.3) is 0 Å². The molecule has 1 unspecified atom stereocenters. The fourth-order valence-electron chi connectivity index (χ4n) is 1.86. The minimum atomic E-state index is 0.363. The average Bonchev–Trinajstić information content (AvgIpc) is 2.62. The highest BCUT2D eigenvalue weighted by Crippen LogP contribution is 2.42. The Kier molecular flexibility index (Phi) is 3.41. The molecule has 82 valence electrons. The average molecular weight is 334 g/mol. The monoisotopic (exact) mass is 332 g/mol. The van der Waals surface area contributed by atoms with Gasteiger partial charge in [0.05, 0.1) is 6.61 Å². The van der Waals surface area contributed by atoms with Gasteiger partial charge in [-0.05, 0) is 23.6 Å². The zero-order valence-electron chi connectivity index (χ0n) is 8.89. The molecule has 3 heteroatoms. The van der Waals surface area contributed by atoms with Gasteiger partial charge in [0, 0.05) is 21.3 Å². The molecule has 1 atom stereocenters. The smallest absolute Gasteiger partial charge is 0.127 e. The van der Waals surface area contributed by atoms with Crippen molar-refractivity contribution in [2.45, 2.75) is 25.1 Å². The van der Waals surface area contributed by atoms with Gasteiger partial charge in [-0.2, -0.15) is 0 Å². The van der Waals surface area contributed by atoms with Gasteiger partial charge in [-0.25, -0.2) is 0 Å². The van der Waals surface area contributed by atoms with E-state index in [0.717, 1.165) is 23.2 Å². The molecule has 0 radical (unpaired) electrons. The summed E-state index contributed by atoms with van der Waals surface area (Å²) >= 11 is 7.29. The summed E-state index contributed by atoms with van der Waals surface area (Å²) in [6, 6.07) is 4.31. The summed E-state index contributed by atoms with van der Waals surface area (Å²) in [4.78, 5) is 0.363. The summed E-state index contributed by atoms with van der Waals surface area (Å²) in [5.74, 6) is 1.65. The molecule has 0 amide bonds. The second-order valence-electron chi connectivity index (χ2n) is 4.23. The molecule has 1 aromatic carbocycles. The largest absolute Gasteiger partial charge is 0.493 e. The van der Waals surface area contributed by atoms with Gasteiger partial charge in [0.2, 0.25) is 0 Å². The summed E-state index contributed by atoms with van der Waals surface area (Å²) in [5, 5.41) is 0. The van der Waals surface area contributed by atoms with Gasteiger partial charge in [-0.3, -0.25) is 0 Å². The zero-order valence-corrected chi connectivity index (χ0v) is 12.1. The number of alkyl halides is 1. The van der Waals surface area contributed by atoms with E-state index in [1.54, 1.807) is 0 Å². The minimum absolute atomic E-state index is 0.363. The normalized spacial score (nSPS) is 16.3. The van der Waals surface area contributed by atoms with Crippen LogP contribution < -0.4 is 4.74 Å². The van der Waals surface area contributed by atoms with Crippen LogP contribution >= 0.6 is 31.9 Å². The van der Waals surface area contributed by atoms with Crippen LogP contribution in [-0.2, 0) is 6.42 Å². The summed E-state index contributed by atoms with van der Waals surface area (Å²) in [6.45, 7) is 5.24. The molecule has 2 rings (SSSR count). The van der Waals surface area contributed by atoms with E-state index in [0.29, 0.717) is 10.7 Å². The van der Waals surface area contributed by atoms with Crippen LogP contribution in [0, 0.1) is 5.92 Å². The molecule has 1 aliphatic heterocycles. The van der Waals surface area contributed by atoms with Crippen LogP contribution in [0.1, 0.15) is 29.8 Å². The van der Waals surface area contributed by atoms with Crippen molar-refractivity contribution in [1.82, 2.24) is 0 Å². The van der Waals surface area contributed by atoms with Gasteiger partial charge in [-0.1, -0.05) is 45.7 Å². The first-order valence-corrected chi connectivity index (χ1v) is 6.89. The van der Waals surface area contributed by atoms with Gasteiger partial charge < -0.3 is 4.74 Å². The number of hydrogen-bond donors (Lipinski definition) is 0. The second-order valence-corrected chi connectivity index (χ2v) is 6.13. The van der Waals surface area contributed by atoms with E-state index in [2.05, 4.69) is 57.8 Å². The highest BCUT2D eigenvalue weighted by Gasteiger charge is 2.23. The Bertz CT molecular complexity index is 374. The first-order chi connectivity index (χ1) is 7.09. The molecule has 0 saturated carbocycles. The van der Waals surface area contributed by atoms with Crippen LogP contribution in [0.15, 0.2) is 16.6 Å². The van der Waals surface area contributed by atoms with E-state index < -0.39 is 0 Å². The minimum Gasteiger partial charge on any atom is -0.493 e. The lowest BCUT2D eigenvalue weighted by Crippen LogP contribution is -2.01. The lowest BCUT2D eigenvalue weighted by Gasteiger charge is -2.17. The van der Waals surface area contributed by atoms with Crippen LogP contribution in [0.3, 0.4) is 0 Å². The van der Waals surface area contributed by atoms with Gasteiger partial charge in [-0.15, -0.1) is 0 Å². The van der Waals surface area contributed by atoms with E-state index >= 15 is 0 Å². The molecule has 0 fully saturated rings. The third-order valence-corrected chi connectivity index (χ3v) is 4.67. The van der Waals surface area contributed by atoms with Crippen LogP contribution in [0.4, 0.5) is 0 Å². The SMILES string of the molecule is CC(C)C(Br)c1cc(Br)cc2c1OCC2. The molecular formula is C12H14Br2O. The molecule has 0 saturated heterocycles. The Morgan fingerprint density at radius 1 is 1.33 bits per heavy atom. The molecular weight excluding hydrogens is 320 g/mol. The van der Waals surface area contributed by atoms with Crippen LogP contribution in [0.2, 0.25) is 0 Å². The number of rotatable bonds is 2. The van der Waals surface area contributed by atoms with Crippen molar-refractivity contribution in [3.63, 3.8) is 0 Å². The summed E-state index contributed by atoms with van der Waals surface area (Å²) in [6.07, 6.45) is 1.03. The molecule has 0 aliphatic carbocycles. The van der Waals surface area contributed by atoms with Crippen molar-refractivity contribution in [1.29, 1.82) is 0 Å². The van der Waals surface area contributed by atoms with Gasteiger partial charge in [0.1, 0.15) is 5.75 Å². The van der Waals surface area contributed by atoms with Gasteiger partial charge >= 0.3 is 0 Å². The first kappa shape index (κ1) is 11.5. The molecule has 1 aromatic rings. The molecule has 1 nitrogen and oxygen atoms in total. The summed E-state index contributed by atoms with van der Waals surface area (Å²) < 4.78 is 6.85. The quantitative estimate of drug-likeness (QED) is 0.725. The van der Waals surface area contributed by atoms with Crippen molar-refractivity contribution in [3.05, 3.63) is 27.7 Å². The molecule has 1 heterocycles. The molecule has 1 aliphatic rings. The molecule has 0 N–H and O–H groups in total. The van der Waals surface area contributed by atoms with Crippen LogP contribution in [0.5, 0.6) is 5.75 Å². The Balaban J connectivity index is 2.47. The Hall–Kier alpha value is -0.0200. The highest BCUT2D eigenvalue weighted by atomic mass is 79.9. The Labute approximate surface area is 107 Å². The topological polar surface area (TPSA) is 9.23 Å². The number of benzene rings is 1. The van der Waals surface area contributed by atoms with Crippen molar-refractivity contribution in [2.24, 2.45) is 5.92 Å². The second kappa shape index (κ2) is 4.46. The summed E-state index contributed by atoms with van der Waals surface area (Å²) in [5.41, 5.74) is 2.59. The fraction of sp³-hybridized carbons (Fsp3) is 0.500. The van der Waals surface area contributed by atoms with E-state index in [1.165, 1.54) is 11.1 Å². The molecule has 0 spiro atoms. The molecule has 0 bridgehead atoms. The maximum Gasteiger partial charge on any atom is 0.127 e. The lowest BCUT2D eigenvalue weighted by atomic mass is 9.99. The highest BCUT2D eigenvalue weighted by molar-refractivity contribution is 9.10. The lowest BCUT2D eigenvalue weighted by molar-refractivity contribution is 0.352.